The van der Waals surface area contributed by atoms with Crippen molar-refractivity contribution in [1.29, 1.82) is 0 Å². The fraction of sp³-hybridized carbons (Fsp3) is 0.562. The summed E-state index contributed by atoms with van der Waals surface area (Å²) in [5.74, 6) is 0.814. The molecule has 4 heteroatoms. The third-order valence-electron chi connectivity index (χ3n) is 9.26. The minimum absolute atomic E-state index is 0.251. The molecule has 1 saturated carbocycles. The quantitative estimate of drug-likeness (QED) is 0.370. The lowest BCUT2D eigenvalue weighted by Crippen LogP contribution is -2.38. The van der Waals surface area contributed by atoms with E-state index in [2.05, 4.69) is 70.0 Å². The first-order chi connectivity index (χ1) is 17.8. The van der Waals surface area contributed by atoms with Crippen LogP contribution in [-0.4, -0.2) is 42.6 Å². The van der Waals surface area contributed by atoms with Crippen LogP contribution in [0, 0.1) is 5.92 Å². The van der Waals surface area contributed by atoms with Gasteiger partial charge in [0, 0.05) is 35.7 Å². The summed E-state index contributed by atoms with van der Waals surface area (Å²) in [6, 6.07) is 17.2. The number of nitrogens with zero attached hydrogens (tertiary/aromatic N) is 1. The predicted molar refractivity (Wildman–Crippen MR) is 151 cm³/mol. The minimum atomic E-state index is 0.251. The SMILES string of the molecule is CNCc1ccc(C2NCCc3c2[nH]c2ccccc32)cc1CC1CCCC(N2CCCCC2)CC1. The van der Waals surface area contributed by atoms with Gasteiger partial charge in [0.2, 0.25) is 0 Å². The Balaban J connectivity index is 1.23. The van der Waals surface area contributed by atoms with Crippen LogP contribution in [0.15, 0.2) is 42.5 Å². The average molecular weight is 485 g/mol. The van der Waals surface area contributed by atoms with Crippen LogP contribution in [0.2, 0.25) is 0 Å². The number of hydrogen-bond donors (Lipinski definition) is 3. The zero-order valence-corrected chi connectivity index (χ0v) is 22.1. The van der Waals surface area contributed by atoms with Crippen molar-refractivity contribution in [3.63, 3.8) is 0 Å². The summed E-state index contributed by atoms with van der Waals surface area (Å²) in [6.45, 7) is 4.67. The number of likely N-dealkylation sites (tertiary alicyclic amines) is 1. The highest BCUT2D eigenvalue weighted by molar-refractivity contribution is 5.85. The van der Waals surface area contributed by atoms with E-state index >= 15 is 0 Å². The van der Waals surface area contributed by atoms with Gasteiger partial charge in [0.1, 0.15) is 0 Å². The Morgan fingerprint density at radius 3 is 2.69 bits per heavy atom. The Bertz CT molecular complexity index is 1160. The molecule has 4 nitrogen and oxygen atoms in total. The monoisotopic (exact) mass is 484 g/mol. The van der Waals surface area contributed by atoms with Crippen molar-refractivity contribution in [2.75, 3.05) is 26.7 Å². The Morgan fingerprint density at radius 1 is 0.917 bits per heavy atom. The van der Waals surface area contributed by atoms with Crippen LogP contribution < -0.4 is 10.6 Å². The molecule has 3 N–H and O–H groups in total. The third kappa shape index (κ3) is 5.01. The van der Waals surface area contributed by atoms with E-state index in [0.717, 1.165) is 31.5 Å². The molecule has 3 heterocycles. The molecule has 36 heavy (non-hydrogen) atoms. The van der Waals surface area contributed by atoms with Crippen LogP contribution in [0.25, 0.3) is 10.9 Å². The summed E-state index contributed by atoms with van der Waals surface area (Å²) in [5, 5.41) is 8.66. The van der Waals surface area contributed by atoms with Crippen molar-refractivity contribution >= 4 is 10.9 Å². The fourth-order valence-electron chi connectivity index (χ4n) is 7.37. The molecule has 192 valence electrons. The molecule has 0 amide bonds. The number of fused-ring (bicyclic) bond motifs is 3. The normalized spacial score (nSPS) is 25.5. The predicted octanol–water partition coefficient (Wildman–Crippen LogP) is 6.10. The first-order valence-corrected chi connectivity index (χ1v) is 14.6. The summed E-state index contributed by atoms with van der Waals surface area (Å²) in [4.78, 5) is 6.59. The summed E-state index contributed by atoms with van der Waals surface area (Å²) in [5.41, 5.74) is 8.59. The first kappa shape index (κ1) is 24.2. The van der Waals surface area contributed by atoms with Crippen molar-refractivity contribution in [3.8, 4) is 0 Å². The first-order valence-electron chi connectivity index (χ1n) is 14.6. The summed E-state index contributed by atoms with van der Waals surface area (Å²) >= 11 is 0. The van der Waals surface area contributed by atoms with Gasteiger partial charge in [0.15, 0.2) is 0 Å². The number of H-pyrrole nitrogens is 1. The van der Waals surface area contributed by atoms with Gasteiger partial charge in [0.05, 0.1) is 6.04 Å². The second-order valence-corrected chi connectivity index (χ2v) is 11.6. The zero-order chi connectivity index (χ0) is 24.3. The second kappa shape index (κ2) is 11.1. The standard InChI is InChI=1S/C32H44N4/c1-33-22-25-14-13-24(31-32-29(16-17-34-31)28-10-3-4-11-30(28)35-32)21-26(25)20-23-8-7-9-27(15-12-23)36-18-5-2-6-19-36/h3-4,10-11,13-14,21,23,27,31,33-35H,2,5-9,12,15-20,22H2,1H3. The summed E-state index contributed by atoms with van der Waals surface area (Å²) < 4.78 is 0. The van der Waals surface area contributed by atoms with Gasteiger partial charge in [-0.25, -0.2) is 0 Å². The van der Waals surface area contributed by atoms with E-state index in [0.29, 0.717) is 0 Å². The molecule has 0 radical (unpaired) electrons. The van der Waals surface area contributed by atoms with Gasteiger partial charge in [-0.3, -0.25) is 0 Å². The van der Waals surface area contributed by atoms with E-state index < -0.39 is 0 Å². The van der Waals surface area contributed by atoms with E-state index in [1.54, 1.807) is 5.56 Å². The fourth-order valence-corrected chi connectivity index (χ4v) is 7.37. The lowest BCUT2D eigenvalue weighted by atomic mass is 9.87. The third-order valence-corrected chi connectivity index (χ3v) is 9.26. The smallest absolute Gasteiger partial charge is 0.0732 e. The van der Waals surface area contributed by atoms with E-state index in [1.165, 1.54) is 104 Å². The molecule has 0 spiro atoms. The maximum atomic E-state index is 3.83. The molecule has 0 bridgehead atoms. The molecule has 3 atom stereocenters. The Kier molecular flexibility index (Phi) is 7.45. The topological polar surface area (TPSA) is 43.1 Å². The summed E-state index contributed by atoms with van der Waals surface area (Å²) in [6.07, 6.45) is 13.6. The van der Waals surface area contributed by atoms with Crippen molar-refractivity contribution in [2.45, 2.75) is 82.8 Å². The molecule has 3 aliphatic rings. The van der Waals surface area contributed by atoms with Gasteiger partial charge in [0.25, 0.3) is 0 Å². The van der Waals surface area contributed by atoms with Gasteiger partial charge < -0.3 is 20.5 Å². The average Bonchev–Trinajstić information content (AvgIpc) is 3.15. The molecule has 1 aromatic heterocycles. The van der Waals surface area contributed by atoms with E-state index in [1.807, 2.05) is 0 Å². The summed E-state index contributed by atoms with van der Waals surface area (Å²) in [7, 11) is 2.08. The van der Waals surface area contributed by atoms with Gasteiger partial charge in [-0.05, 0) is 99.3 Å². The molecular formula is C32H44N4. The highest BCUT2D eigenvalue weighted by atomic mass is 15.2. The van der Waals surface area contributed by atoms with Crippen LogP contribution in [-0.2, 0) is 19.4 Å². The minimum Gasteiger partial charge on any atom is -0.357 e. The van der Waals surface area contributed by atoms with Crippen molar-refractivity contribution < 1.29 is 0 Å². The second-order valence-electron chi connectivity index (χ2n) is 11.6. The van der Waals surface area contributed by atoms with Gasteiger partial charge >= 0.3 is 0 Å². The molecule has 2 aliphatic heterocycles. The van der Waals surface area contributed by atoms with Gasteiger partial charge in [-0.15, -0.1) is 0 Å². The highest BCUT2D eigenvalue weighted by Gasteiger charge is 2.27. The van der Waals surface area contributed by atoms with Crippen molar-refractivity contribution in [2.24, 2.45) is 5.92 Å². The molecule has 3 unspecified atom stereocenters. The number of piperidine rings is 1. The van der Waals surface area contributed by atoms with Gasteiger partial charge in [-0.2, -0.15) is 0 Å². The van der Waals surface area contributed by atoms with Gasteiger partial charge in [-0.1, -0.05) is 55.7 Å². The molecular weight excluding hydrogens is 440 g/mol. The number of aromatic amines is 1. The molecule has 6 rings (SSSR count). The largest absolute Gasteiger partial charge is 0.357 e. The maximum absolute atomic E-state index is 3.83. The van der Waals surface area contributed by atoms with Crippen LogP contribution in [0.3, 0.4) is 0 Å². The molecule has 3 aromatic rings. The van der Waals surface area contributed by atoms with Crippen molar-refractivity contribution in [1.82, 2.24) is 20.5 Å². The zero-order valence-electron chi connectivity index (χ0n) is 22.1. The number of benzene rings is 2. The van der Waals surface area contributed by atoms with Crippen LogP contribution >= 0.6 is 0 Å². The highest BCUT2D eigenvalue weighted by Crippen LogP contribution is 2.36. The Hall–Kier alpha value is -2.14. The molecule has 1 aliphatic carbocycles. The molecule has 2 aromatic carbocycles. The van der Waals surface area contributed by atoms with E-state index in [-0.39, 0.29) is 6.04 Å². The Morgan fingerprint density at radius 2 is 1.81 bits per heavy atom. The number of nitrogens with one attached hydrogen (secondary N) is 3. The molecule has 2 fully saturated rings. The van der Waals surface area contributed by atoms with Crippen LogP contribution in [0.1, 0.15) is 85.4 Å². The number of aromatic nitrogens is 1. The van der Waals surface area contributed by atoms with Crippen LogP contribution in [0.4, 0.5) is 0 Å². The Labute approximate surface area is 217 Å². The number of hydrogen-bond acceptors (Lipinski definition) is 3. The maximum Gasteiger partial charge on any atom is 0.0732 e. The van der Waals surface area contributed by atoms with Crippen LogP contribution in [0.5, 0.6) is 0 Å². The van der Waals surface area contributed by atoms with E-state index in [4.69, 9.17) is 0 Å². The number of para-hydroxylation sites is 1. The van der Waals surface area contributed by atoms with E-state index in [9.17, 15) is 0 Å². The lowest BCUT2D eigenvalue weighted by Gasteiger charge is -2.34. The number of rotatable bonds is 6. The molecule has 1 saturated heterocycles. The lowest BCUT2D eigenvalue weighted by molar-refractivity contribution is 0.148. The van der Waals surface area contributed by atoms with Crippen molar-refractivity contribution in [3.05, 3.63) is 70.4 Å².